The Morgan fingerprint density at radius 3 is 2.75 bits per heavy atom. The number of rotatable bonds is 4. The van der Waals surface area contributed by atoms with E-state index in [1.54, 1.807) is 0 Å². The van der Waals surface area contributed by atoms with Gasteiger partial charge in [0, 0.05) is 29.1 Å². The number of carbonyl (C=O) groups excluding carboxylic acids is 3. The second-order valence-corrected chi connectivity index (χ2v) is 7.08. The lowest BCUT2D eigenvalue weighted by Gasteiger charge is -2.25. The molecule has 1 aromatic carbocycles. The Kier molecular flexibility index (Phi) is 5.27. The zero-order chi connectivity index (χ0) is 20.4. The van der Waals surface area contributed by atoms with Crippen molar-refractivity contribution in [3.05, 3.63) is 55.9 Å². The minimum Gasteiger partial charge on any atom is -0.453 e. The van der Waals surface area contributed by atoms with Gasteiger partial charge in [0.15, 0.2) is 0 Å². The summed E-state index contributed by atoms with van der Waals surface area (Å²) in [7, 11) is 1.28. The van der Waals surface area contributed by atoms with Gasteiger partial charge in [-0.3, -0.25) is 19.7 Å². The van der Waals surface area contributed by atoms with Gasteiger partial charge in [-0.1, -0.05) is 6.07 Å². The van der Waals surface area contributed by atoms with Crippen LogP contribution in [-0.4, -0.2) is 41.4 Å². The van der Waals surface area contributed by atoms with Gasteiger partial charge < -0.3 is 20.7 Å². The number of nitro groups is 1. The fraction of sp³-hybridized carbons (Fsp3) is 0.235. The predicted molar refractivity (Wildman–Crippen MR) is 100 cm³/mol. The Morgan fingerprint density at radius 2 is 2.11 bits per heavy atom. The Labute approximate surface area is 163 Å². The summed E-state index contributed by atoms with van der Waals surface area (Å²) in [5, 5.41) is 13.8. The first kappa shape index (κ1) is 19.3. The van der Waals surface area contributed by atoms with Crippen LogP contribution in [0, 0.1) is 10.1 Å². The van der Waals surface area contributed by atoms with Crippen molar-refractivity contribution in [2.75, 3.05) is 19.0 Å². The van der Waals surface area contributed by atoms with E-state index in [1.807, 2.05) is 0 Å². The number of amides is 3. The second kappa shape index (κ2) is 7.64. The molecule has 1 aliphatic rings. The number of nitro benzene ring substituents is 1. The molecule has 0 saturated heterocycles. The number of benzene rings is 1. The molecule has 3 rings (SSSR count). The molecule has 0 saturated carbocycles. The van der Waals surface area contributed by atoms with Crippen LogP contribution < -0.4 is 11.1 Å². The number of carbonyl (C=O) groups is 3. The van der Waals surface area contributed by atoms with E-state index in [1.165, 1.54) is 30.2 Å². The van der Waals surface area contributed by atoms with E-state index < -0.39 is 22.8 Å². The number of thiophene rings is 1. The molecule has 0 aliphatic carbocycles. The van der Waals surface area contributed by atoms with Gasteiger partial charge in [0.1, 0.15) is 5.00 Å². The first-order valence-corrected chi connectivity index (χ1v) is 8.96. The van der Waals surface area contributed by atoms with Crippen LogP contribution in [0.1, 0.15) is 31.2 Å². The van der Waals surface area contributed by atoms with Gasteiger partial charge in [-0.15, -0.1) is 11.3 Å². The highest BCUT2D eigenvalue weighted by atomic mass is 32.1. The molecule has 3 N–H and O–H groups in total. The molecule has 0 unspecified atom stereocenters. The highest BCUT2D eigenvalue weighted by Gasteiger charge is 2.30. The predicted octanol–water partition coefficient (Wildman–Crippen LogP) is 2.13. The lowest BCUT2D eigenvalue weighted by atomic mass is 10.0. The maximum absolute atomic E-state index is 12.5. The number of methoxy groups -OCH3 is 1. The van der Waals surface area contributed by atoms with Crippen molar-refractivity contribution in [1.82, 2.24) is 4.90 Å². The van der Waals surface area contributed by atoms with Crippen LogP contribution >= 0.6 is 11.3 Å². The van der Waals surface area contributed by atoms with Crippen LogP contribution in [0.2, 0.25) is 0 Å². The average molecular weight is 404 g/mol. The van der Waals surface area contributed by atoms with E-state index in [4.69, 9.17) is 10.5 Å². The van der Waals surface area contributed by atoms with Gasteiger partial charge in [-0.25, -0.2) is 4.79 Å². The quantitative estimate of drug-likeness (QED) is 0.590. The SMILES string of the molecule is COC(=O)N1CCc2c(sc(NC(=O)c3cccc([N+](=O)[O-])c3)c2C(N)=O)C1. The van der Waals surface area contributed by atoms with E-state index in [2.05, 4.69) is 5.32 Å². The topological polar surface area (TPSA) is 145 Å². The van der Waals surface area contributed by atoms with Crippen molar-refractivity contribution in [1.29, 1.82) is 0 Å². The standard InChI is InChI=1S/C17H16N4O6S/c1-27-17(24)20-6-5-11-12(8-20)28-16(13(11)14(18)22)19-15(23)9-3-2-4-10(7-9)21(25)26/h2-4,7H,5-6,8H2,1H3,(H2,18,22)(H,19,23). The highest BCUT2D eigenvalue weighted by Crippen LogP contribution is 2.37. The van der Waals surface area contributed by atoms with Gasteiger partial charge >= 0.3 is 6.09 Å². The zero-order valence-corrected chi connectivity index (χ0v) is 15.6. The van der Waals surface area contributed by atoms with E-state index in [0.717, 1.165) is 22.3 Å². The summed E-state index contributed by atoms with van der Waals surface area (Å²) in [5.74, 6) is -1.30. The third kappa shape index (κ3) is 3.64. The van der Waals surface area contributed by atoms with Crippen LogP contribution in [0.4, 0.5) is 15.5 Å². The van der Waals surface area contributed by atoms with E-state index in [-0.39, 0.29) is 28.4 Å². The molecule has 0 atom stereocenters. The van der Waals surface area contributed by atoms with Crippen LogP contribution in [0.5, 0.6) is 0 Å². The minimum absolute atomic E-state index is 0.0761. The fourth-order valence-corrected chi connectivity index (χ4v) is 4.24. The maximum Gasteiger partial charge on any atom is 0.409 e. The maximum atomic E-state index is 12.5. The van der Waals surface area contributed by atoms with Crippen LogP contribution in [0.15, 0.2) is 24.3 Å². The Bertz CT molecular complexity index is 986. The number of ether oxygens (including phenoxy) is 1. The van der Waals surface area contributed by atoms with Crippen LogP contribution in [-0.2, 0) is 17.7 Å². The van der Waals surface area contributed by atoms with Crippen molar-refractivity contribution in [2.45, 2.75) is 13.0 Å². The third-order valence-electron chi connectivity index (χ3n) is 4.28. The number of nitrogens with two attached hydrogens (primary N) is 1. The Morgan fingerprint density at radius 1 is 1.36 bits per heavy atom. The molecule has 1 aromatic heterocycles. The number of hydrogen-bond donors (Lipinski definition) is 2. The summed E-state index contributed by atoms with van der Waals surface area (Å²) in [6.07, 6.45) is -0.0897. The van der Waals surface area contributed by atoms with Crippen molar-refractivity contribution < 1.29 is 24.0 Å². The molecule has 2 aromatic rings. The second-order valence-electron chi connectivity index (χ2n) is 5.98. The Hall–Kier alpha value is -3.47. The minimum atomic E-state index is -0.696. The lowest BCUT2D eigenvalue weighted by molar-refractivity contribution is -0.384. The molecular weight excluding hydrogens is 388 g/mol. The highest BCUT2D eigenvalue weighted by molar-refractivity contribution is 7.17. The van der Waals surface area contributed by atoms with Gasteiger partial charge in [-0.05, 0) is 18.1 Å². The summed E-state index contributed by atoms with van der Waals surface area (Å²) in [4.78, 5) is 48.7. The molecular formula is C17H16N4O6S. The largest absolute Gasteiger partial charge is 0.453 e. The molecule has 1 aliphatic heterocycles. The van der Waals surface area contributed by atoms with E-state index in [0.29, 0.717) is 18.5 Å². The number of primary amides is 1. The van der Waals surface area contributed by atoms with Crippen molar-refractivity contribution >= 4 is 39.9 Å². The van der Waals surface area contributed by atoms with Crippen molar-refractivity contribution in [3.63, 3.8) is 0 Å². The number of fused-ring (bicyclic) bond motifs is 1. The molecule has 10 nitrogen and oxygen atoms in total. The summed E-state index contributed by atoms with van der Waals surface area (Å²) in [6.45, 7) is 0.592. The number of nitrogens with one attached hydrogen (secondary N) is 1. The number of nitrogens with zero attached hydrogens (tertiary/aromatic N) is 2. The fourth-order valence-electron chi connectivity index (χ4n) is 2.97. The zero-order valence-electron chi connectivity index (χ0n) is 14.8. The molecule has 0 bridgehead atoms. The molecule has 0 spiro atoms. The number of hydrogen-bond acceptors (Lipinski definition) is 7. The van der Waals surface area contributed by atoms with Gasteiger partial charge in [0.05, 0.1) is 24.1 Å². The number of non-ortho nitro benzene ring substituents is 1. The van der Waals surface area contributed by atoms with Crippen LogP contribution in [0.3, 0.4) is 0 Å². The molecule has 0 fully saturated rings. The van der Waals surface area contributed by atoms with E-state index in [9.17, 15) is 24.5 Å². The first-order valence-electron chi connectivity index (χ1n) is 8.14. The van der Waals surface area contributed by atoms with Crippen molar-refractivity contribution in [3.8, 4) is 0 Å². The summed E-state index contributed by atoms with van der Waals surface area (Å²) < 4.78 is 4.72. The normalized spacial score (nSPS) is 12.8. The molecule has 3 amide bonds. The first-order chi connectivity index (χ1) is 13.3. The van der Waals surface area contributed by atoms with Gasteiger partial charge in [0.25, 0.3) is 17.5 Å². The van der Waals surface area contributed by atoms with Gasteiger partial charge in [-0.2, -0.15) is 0 Å². The Balaban J connectivity index is 1.90. The monoisotopic (exact) mass is 404 g/mol. The van der Waals surface area contributed by atoms with Crippen molar-refractivity contribution in [2.24, 2.45) is 5.73 Å². The van der Waals surface area contributed by atoms with Crippen LogP contribution in [0.25, 0.3) is 0 Å². The number of anilines is 1. The summed E-state index contributed by atoms with van der Waals surface area (Å²) in [6, 6.07) is 5.25. The molecule has 2 heterocycles. The molecule has 0 radical (unpaired) electrons. The third-order valence-corrected chi connectivity index (χ3v) is 5.41. The van der Waals surface area contributed by atoms with E-state index >= 15 is 0 Å². The lowest BCUT2D eigenvalue weighted by Crippen LogP contribution is -2.35. The summed E-state index contributed by atoms with van der Waals surface area (Å²) in [5.41, 5.74) is 6.24. The molecule has 146 valence electrons. The van der Waals surface area contributed by atoms with Gasteiger partial charge in [0.2, 0.25) is 0 Å². The summed E-state index contributed by atoms with van der Waals surface area (Å²) >= 11 is 1.14. The molecule has 11 heteroatoms. The average Bonchev–Trinajstić information content (AvgIpc) is 3.04. The molecule has 28 heavy (non-hydrogen) atoms. The smallest absolute Gasteiger partial charge is 0.409 e.